The average Bonchev–Trinajstić information content (AvgIpc) is 3.17. The van der Waals surface area contributed by atoms with Crippen LogP contribution in [0, 0.1) is 13.8 Å². The molecule has 0 saturated heterocycles. The lowest BCUT2D eigenvalue weighted by Crippen LogP contribution is -2.33. The molecule has 0 bridgehead atoms. The maximum Gasteiger partial charge on any atom is 0.348 e. The van der Waals surface area contributed by atoms with E-state index < -0.39 is 5.97 Å². The van der Waals surface area contributed by atoms with Gasteiger partial charge in [0.25, 0.3) is 11.8 Å². The number of carbonyl (C=O) groups excluding carboxylic acids is 3. The van der Waals surface area contributed by atoms with Gasteiger partial charge in [0, 0.05) is 10.8 Å². The minimum atomic E-state index is -0.492. The number of fused-ring (bicyclic) bond motifs is 2. The highest BCUT2D eigenvalue weighted by Gasteiger charge is 2.35. The summed E-state index contributed by atoms with van der Waals surface area (Å²) in [5.41, 5.74) is 2.16. The second-order valence-electron chi connectivity index (χ2n) is 8.56. The number of aromatic nitrogens is 2. The molecule has 0 N–H and O–H groups in total. The summed E-state index contributed by atoms with van der Waals surface area (Å²) in [7, 11) is 0. The summed E-state index contributed by atoms with van der Waals surface area (Å²) in [4.78, 5) is 49.2. The number of hydrogen-bond donors (Lipinski definition) is 0. The van der Waals surface area contributed by atoms with E-state index in [9.17, 15) is 14.4 Å². The topological polar surface area (TPSA) is 89.5 Å². The Morgan fingerprint density at radius 1 is 1.06 bits per heavy atom. The Kier molecular flexibility index (Phi) is 5.13. The zero-order valence-corrected chi connectivity index (χ0v) is 18.9. The van der Waals surface area contributed by atoms with E-state index in [1.807, 2.05) is 34.6 Å². The van der Waals surface area contributed by atoms with Crippen LogP contribution in [0.2, 0.25) is 0 Å². The SMILES string of the molecule is Cc1nc(C(C)(C)C)nc2sc(C(=O)OCCN3C(=O)c4ccccc4C3=O)c(C)c12. The van der Waals surface area contributed by atoms with Crippen LogP contribution in [0.4, 0.5) is 0 Å². The first-order valence-corrected chi connectivity index (χ1v) is 10.8. The predicted octanol–water partition coefficient (Wildman–Crippen LogP) is 4.06. The maximum absolute atomic E-state index is 12.7. The summed E-state index contributed by atoms with van der Waals surface area (Å²) in [5, 5.41) is 0.866. The molecule has 8 heteroatoms. The second kappa shape index (κ2) is 7.53. The van der Waals surface area contributed by atoms with E-state index in [2.05, 4.69) is 9.97 Å². The maximum atomic E-state index is 12.7. The minimum absolute atomic E-state index is 0.00896. The van der Waals surface area contributed by atoms with Crippen LogP contribution < -0.4 is 0 Å². The van der Waals surface area contributed by atoms with Crippen LogP contribution in [0.3, 0.4) is 0 Å². The minimum Gasteiger partial charge on any atom is -0.460 e. The van der Waals surface area contributed by atoms with Crippen LogP contribution in [0.1, 0.15) is 68.2 Å². The van der Waals surface area contributed by atoms with Crippen molar-refractivity contribution in [2.24, 2.45) is 0 Å². The lowest BCUT2D eigenvalue weighted by Gasteiger charge is -2.16. The molecule has 1 aliphatic rings. The summed E-state index contributed by atoms with van der Waals surface area (Å²) in [6.45, 7) is 9.83. The molecule has 1 aliphatic heterocycles. The van der Waals surface area contributed by atoms with Crippen molar-refractivity contribution in [3.05, 3.63) is 57.4 Å². The van der Waals surface area contributed by atoms with Crippen LogP contribution in [-0.2, 0) is 10.2 Å². The lowest BCUT2D eigenvalue weighted by atomic mass is 9.95. The number of ether oxygens (including phenoxy) is 1. The van der Waals surface area contributed by atoms with Gasteiger partial charge in [0.05, 0.1) is 23.4 Å². The van der Waals surface area contributed by atoms with Gasteiger partial charge in [0.15, 0.2) is 0 Å². The van der Waals surface area contributed by atoms with Gasteiger partial charge in [-0.05, 0) is 31.5 Å². The van der Waals surface area contributed by atoms with Gasteiger partial charge in [0.2, 0.25) is 0 Å². The summed E-state index contributed by atoms with van der Waals surface area (Å²) in [6, 6.07) is 6.68. The molecular weight excluding hydrogens is 414 g/mol. The van der Waals surface area contributed by atoms with Crippen molar-refractivity contribution < 1.29 is 19.1 Å². The Balaban J connectivity index is 1.50. The van der Waals surface area contributed by atoms with Crippen molar-refractivity contribution in [2.45, 2.75) is 40.0 Å². The number of rotatable bonds is 4. The molecule has 4 rings (SSSR count). The van der Waals surface area contributed by atoms with Crippen LogP contribution in [0.5, 0.6) is 0 Å². The quantitative estimate of drug-likeness (QED) is 0.452. The van der Waals surface area contributed by atoms with E-state index in [0.717, 1.165) is 32.2 Å². The van der Waals surface area contributed by atoms with Crippen LogP contribution >= 0.6 is 11.3 Å². The highest BCUT2D eigenvalue weighted by atomic mass is 32.1. The Morgan fingerprint density at radius 2 is 1.68 bits per heavy atom. The van der Waals surface area contributed by atoms with E-state index in [-0.39, 0.29) is 30.4 Å². The Labute approximate surface area is 184 Å². The van der Waals surface area contributed by atoms with Gasteiger partial charge >= 0.3 is 5.97 Å². The molecule has 160 valence electrons. The van der Waals surface area contributed by atoms with E-state index in [1.54, 1.807) is 24.3 Å². The highest BCUT2D eigenvalue weighted by molar-refractivity contribution is 7.20. The van der Waals surface area contributed by atoms with Gasteiger partial charge in [-0.25, -0.2) is 14.8 Å². The highest BCUT2D eigenvalue weighted by Crippen LogP contribution is 2.33. The zero-order chi connectivity index (χ0) is 22.5. The Morgan fingerprint density at radius 3 is 2.26 bits per heavy atom. The lowest BCUT2D eigenvalue weighted by molar-refractivity contribution is 0.0424. The molecule has 0 aliphatic carbocycles. The molecule has 0 spiro atoms. The number of imide groups is 1. The number of hydrogen-bond acceptors (Lipinski definition) is 7. The number of aryl methyl sites for hydroxylation is 2. The molecule has 2 aromatic heterocycles. The third kappa shape index (κ3) is 3.61. The van der Waals surface area contributed by atoms with Gasteiger partial charge in [-0.1, -0.05) is 32.9 Å². The third-order valence-corrected chi connectivity index (χ3v) is 6.42. The van der Waals surface area contributed by atoms with Crippen molar-refractivity contribution in [2.75, 3.05) is 13.2 Å². The van der Waals surface area contributed by atoms with E-state index in [4.69, 9.17) is 4.74 Å². The van der Waals surface area contributed by atoms with Crippen LogP contribution in [0.25, 0.3) is 10.2 Å². The first-order chi connectivity index (χ1) is 14.6. The molecule has 0 unspecified atom stereocenters. The number of thiophene rings is 1. The molecule has 31 heavy (non-hydrogen) atoms. The van der Waals surface area contributed by atoms with E-state index in [1.165, 1.54) is 11.3 Å². The molecular formula is C23H23N3O4S. The summed E-state index contributed by atoms with van der Waals surface area (Å²) < 4.78 is 5.41. The molecule has 1 aromatic carbocycles. The van der Waals surface area contributed by atoms with Gasteiger partial charge in [-0.15, -0.1) is 11.3 Å². The van der Waals surface area contributed by atoms with Crippen molar-refractivity contribution in [1.82, 2.24) is 14.9 Å². The molecule has 7 nitrogen and oxygen atoms in total. The largest absolute Gasteiger partial charge is 0.460 e. The third-order valence-electron chi connectivity index (χ3n) is 5.25. The molecule has 2 amide bonds. The van der Waals surface area contributed by atoms with E-state index in [0.29, 0.717) is 16.0 Å². The average molecular weight is 438 g/mol. The standard InChI is InChI=1S/C23H23N3O4S/c1-12-16-13(2)24-22(23(3,4)5)25-18(16)31-17(12)21(29)30-11-10-26-19(27)14-8-6-7-9-15(14)20(26)28/h6-9H,10-11H2,1-5H3. The van der Waals surface area contributed by atoms with Crippen LogP contribution in [0.15, 0.2) is 24.3 Å². The fourth-order valence-corrected chi connectivity index (χ4v) is 4.73. The summed E-state index contributed by atoms with van der Waals surface area (Å²) in [6.07, 6.45) is 0. The van der Waals surface area contributed by atoms with Gasteiger partial charge in [-0.2, -0.15) is 0 Å². The second-order valence-corrected chi connectivity index (χ2v) is 9.56. The fourth-order valence-electron chi connectivity index (χ4n) is 3.61. The summed E-state index contributed by atoms with van der Waals surface area (Å²) in [5.74, 6) is -0.497. The first kappa shape index (κ1) is 21.1. The number of esters is 1. The Bertz CT molecular complexity index is 1200. The van der Waals surface area contributed by atoms with Crippen molar-refractivity contribution in [3.8, 4) is 0 Å². The number of benzene rings is 1. The number of carbonyl (C=O) groups is 3. The normalized spacial score (nSPS) is 13.8. The van der Waals surface area contributed by atoms with Gasteiger partial charge in [0.1, 0.15) is 22.1 Å². The van der Waals surface area contributed by atoms with Crippen molar-refractivity contribution in [3.63, 3.8) is 0 Å². The monoisotopic (exact) mass is 437 g/mol. The molecule has 0 atom stereocenters. The smallest absolute Gasteiger partial charge is 0.348 e. The predicted molar refractivity (Wildman–Crippen MR) is 118 cm³/mol. The van der Waals surface area contributed by atoms with Crippen LogP contribution in [-0.4, -0.2) is 45.8 Å². The van der Waals surface area contributed by atoms with E-state index >= 15 is 0 Å². The Hall–Kier alpha value is -3.13. The van der Waals surface area contributed by atoms with Gasteiger partial charge < -0.3 is 4.74 Å². The molecule has 3 aromatic rings. The molecule has 0 radical (unpaired) electrons. The van der Waals surface area contributed by atoms with Crippen molar-refractivity contribution >= 4 is 39.3 Å². The number of nitrogens with zero attached hydrogens (tertiary/aromatic N) is 3. The molecule has 0 fully saturated rings. The molecule has 3 heterocycles. The summed E-state index contributed by atoms with van der Waals surface area (Å²) >= 11 is 1.28. The van der Waals surface area contributed by atoms with Crippen molar-refractivity contribution in [1.29, 1.82) is 0 Å². The fraction of sp³-hybridized carbons (Fsp3) is 0.348. The van der Waals surface area contributed by atoms with Gasteiger partial charge in [-0.3, -0.25) is 14.5 Å². The zero-order valence-electron chi connectivity index (χ0n) is 18.1. The number of amides is 2. The molecule has 0 saturated carbocycles. The first-order valence-electron chi connectivity index (χ1n) is 10.00.